The Kier molecular flexibility index (Phi) is 5.30. The molecule has 0 saturated carbocycles. The summed E-state index contributed by atoms with van der Waals surface area (Å²) in [4.78, 5) is 14.3. The van der Waals surface area contributed by atoms with Crippen molar-refractivity contribution < 1.29 is 4.39 Å². The fourth-order valence-corrected chi connectivity index (χ4v) is 2.37. The van der Waals surface area contributed by atoms with E-state index < -0.39 is 5.82 Å². The number of nitrogens with zero attached hydrogens (tertiary/aromatic N) is 4. The van der Waals surface area contributed by atoms with Gasteiger partial charge < -0.3 is 10.2 Å². The normalized spacial score (nSPS) is 10.5. The topological polar surface area (TPSA) is 53.9 Å². The molecule has 2 rings (SSSR count). The van der Waals surface area contributed by atoms with Gasteiger partial charge >= 0.3 is 0 Å². The highest BCUT2D eigenvalue weighted by Gasteiger charge is 2.13. The summed E-state index contributed by atoms with van der Waals surface area (Å²) in [5.74, 6) is 0.239. The molecule has 0 unspecified atom stereocenters. The first kappa shape index (κ1) is 15.9. The number of rotatable bonds is 5. The zero-order valence-electron chi connectivity index (χ0n) is 11.6. The van der Waals surface area contributed by atoms with E-state index in [0.29, 0.717) is 10.4 Å². The molecule has 0 aliphatic carbocycles. The maximum Gasteiger partial charge on any atom is 0.233 e. The quantitative estimate of drug-likeness (QED) is 0.857. The van der Waals surface area contributed by atoms with Crippen LogP contribution >= 0.6 is 27.5 Å². The molecular formula is C13H14BrClFN5. The number of nitrogens with one attached hydrogen (secondary N) is 1. The average molecular weight is 375 g/mol. The molecule has 8 heteroatoms. The van der Waals surface area contributed by atoms with Crippen LogP contribution in [0.2, 0.25) is 5.28 Å². The van der Waals surface area contributed by atoms with Crippen molar-refractivity contribution in [3.05, 3.63) is 33.8 Å². The van der Waals surface area contributed by atoms with Gasteiger partial charge in [0.1, 0.15) is 5.82 Å². The van der Waals surface area contributed by atoms with Crippen LogP contribution in [0, 0.1) is 5.82 Å². The number of benzene rings is 1. The van der Waals surface area contributed by atoms with Gasteiger partial charge in [-0.1, -0.05) is 6.07 Å². The van der Waals surface area contributed by atoms with Crippen molar-refractivity contribution in [1.29, 1.82) is 0 Å². The Morgan fingerprint density at radius 3 is 2.57 bits per heavy atom. The average Bonchev–Trinajstić information content (AvgIpc) is 2.44. The number of para-hydroxylation sites is 1. The molecule has 0 radical (unpaired) electrons. The predicted octanol–water partition coefficient (Wildman–Crippen LogP) is 4.02. The predicted molar refractivity (Wildman–Crippen MR) is 85.8 cm³/mol. The van der Waals surface area contributed by atoms with Crippen molar-refractivity contribution in [3.8, 4) is 0 Å². The lowest BCUT2D eigenvalue weighted by Gasteiger charge is -2.19. The fourth-order valence-electron chi connectivity index (χ4n) is 1.77. The summed E-state index contributed by atoms with van der Waals surface area (Å²) in [6.45, 7) is 5.45. The summed E-state index contributed by atoms with van der Waals surface area (Å²) in [6, 6.07) is 4.67. The smallest absolute Gasteiger partial charge is 0.233 e. The van der Waals surface area contributed by atoms with Crippen LogP contribution in [0.1, 0.15) is 13.8 Å². The van der Waals surface area contributed by atoms with Gasteiger partial charge in [0.05, 0.1) is 5.69 Å². The third kappa shape index (κ3) is 3.79. The highest BCUT2D eigenvalue weighted by molar-refractivity contribution is 9.10. The lowest BCUT2D eigenvalue weighted by Crippen LogP contribution is -2.24. The van der Waals surface area contributed by atoms with Crippen molar-refractivity contribution >= 4 is 45.1 Å². The number of halogens is 3. The summed E-state index contributed by atoms with van der Waals surface area (Å²) in [5, 5.41) is 2.89. The molecule has 2 aromatic rings. The van der Waals surface area contributed by atoms with Crippen LogP contribution in [0.4, 0.5) is 22.0 Å². The molecule has 0 fully saturated rings. The molecule has 0 amide bonds. The standard InChI is InChI=1S/C13H14BrClFN5/c1-3-21(4-2)13-19-11(15)18-12(20-13)17-10-8(14)6-5-7-9(10)16/h5-7H,3-4H2,1-2H3,(H,17,18,19,20). The van der Waals surface area contributed by atoms with E-state index >= 15 is 0 Å². The van der Waals surface area contributed by atoms with E-state index in [-0.39, 0.29) is 16.9 Å². The summed E-state index contributed by atoms with van der Waals surface area (Å²) in [6.07, 6.45) is 0. The molecule has 0 aliphatic heterocycles. The molecule has 112 valence electrons. The van der Waals surface area contributed by atoms with Crippen LogP contribution in [-0.2, 0) is 0 Å². The van der Waals surface area contributed by atoms with Gasteiger partial charge in [0, 0.05) is 17.6 Å². The summed E-state index contributed by atoms with van der Waals surface area (Å²) in [7, 11) is 0. The monoisotopic (exact) mass is 373 g/mol. The van der Waals surface area contributed by atoms with Crippen LogP contribution in [0.15, 0.2) is 22.7 Å². The third-order valence-electron chi connectivity index (χ3n) is 2.84. The second-order valence-corrected chi connectivity index (χ2v) is 5.31. The molecule has 1 heterocycles. The van der Waals surface area contributed by atoms with Gasteiger partial charge in [-0.3, -0.25) is 0 Å². The van der Waals surface area contributed by atoms with E-state index in [1.54, 1.807) is 12.1 Å². The van der Waals surface area contributed by atoms with E-state index in [4.69, 9.17) is 11.6 Å². The van der Waals surface area contributed by atoms with Crippen molar-refractivity contribution in [2.75, 3.05) is 23.3 Å². The minimum Gasteiger partial charge on any atom is -0.341 e. The zero-order chi connectivity index (χ0) is 15.4. The Morgan fingerprint density at radius 1 is 1.24 bits per heavy atom. The second kappa shape index (κ2) is 7.00. The molecule has 0 atom stereocenters. The molecule has 0 spiro atoms. The molecule has 5 nitrogen and oxygen atoms in total. The Balaban J connectivity index is 2.36. The summed E-state index contributed by atoms with van der Waals surface area (Å²) < 4.78 is 14.4. The molecule has 0 bridgehead atoms. The van der Waals surface area contributed by atoms with Gasteiger partial charge in [0.15, 0.2) is 0 Å². The number of anilines is 3. The van der Waals surface area contributed by atoms with Crippen LogP contribution < -0.4 is 10.2 Å². The molecule has 0 aliphatic rings. The first-order valence-corrected chi connectivity index (χ1v) is 7.59. The van der Waals surface area contributed by atoms with Gasteiger partial charge in [-0.2, -0.15) is 15.0 Å². The maximum atomic E-state index is 13.8. The lowest BCUT2D eigenvalue weighted by molar-refractivity contribution is 0.631. The Bertz CT molecular complexity index is 616. The van der Waals surface area contributed by atoms with Crippen molar-refractivity contribution in [3.63, 3.8) is 0 Å². The third-order valence-corrected chi connectivity index (χ3v) is 3.67. The minimum absolute atomic E-state index is 0.0573. The largest absolute Gasteiger partial charge is 0.341 e. The van der Waals surface area contributed by atoms with Crippen molar-refractivity contribution in [2.24, 2.45) is 0 Å². The first-order valence-electron chi connectivity index (χ1n) is 6.42. The number of aromatic nitrogens is 3. The first-order chi connectivity index (χ1) is 10.0. The highest BCUT2D eigenvalue weighted by atomic mass is 79.9. The zero-order valence-corrected chi connectivity index (χ0v) is 13.9. The summed E-state index contributed by atoms with van der Waals surface area (Å²) >= 11 is 9.20. The highest BCUT2D eigenvalue weighted by Crippen LogP contribution is 2.28. The Hall–Kier alpha value is -1.47. The van der Waals surface area contributed by atoms with Crippen molar-refractivity contribution in [2.45, 2.75) is 13.8 Å². The SMILES string of the molecule is CCN(CC)c1nc(Cl)nc(Nc2c(F)cccc2Br)n1. The minimum atomic E-state index is -0.412. The van der Waals surface area contributed by atoms with Crippen LogP contribution in [0.3, 0.4) is 0 Å². The van der Waals surface area contributed by atoms with Gasteiger partial charge in [-0.25, -0.2) is 4.39 Å². The van der Waals surface area contributed by atoms with Gasteiger partial charge in [0.25, 0.3) is 0 Å². The van der Waals surface area contributed by atoms with Crippen LogP contribution in [0.25, 0.3) is 0 Å². The number of hydrogen-bond donors (Lipinski definition) is 1. The Morgan fingerprint density at radius 2 is 1.95 bits per heavy atom. The number of hydrogen-bond acceptors (Lipinski definition) is 5. The van der Waals surface area contributed by atoms with E-state index in [9.17, 15) is 4.39 Å². The molecule has 1 aromatic carbocycles. The van der Waals surface area contributed by atoms with E-state index in [1.165, 1.54) is 6.07 Å². The van der Waals surface area contributed by atoms with E-state index in [2.05, 4.69) is 36.2 Å². The second-order valence-electron chi connectivity index (χ2n) is 4.12. The van der Waals surface area contributed by atoms with Crippen LogP contribution in [0.5, 0.6) is 0 Å². The molecule has 21 heavy (non-hydrogen) atoms. The van der Waals surface area contributed by atoms with Crippen LogP contribution in [-0.4, -0.2) is 28.0 Å². The van der Waals surface area contributed by atoms with E-state index in [1.807, 2.05) is 18.7 Å². The van der Waals surface area contributed by atoms with Gasteiger partial charge in [0.2, 0.25) is 17.2 Å². The fraction of sp³-hybridized carbons (Fsp3) is 0.308. The van der Waals surface area contributed by atoms with Crippen molar-refractivity contribution in [1.82, 2.24) is 15.0 Å². The maximum absolute atomic E-state index is 13.8. The lowest BCUT2D eigenvalue weighted by atomic mass is 10.3. The molecular weight excluding hydrogens is 361 g/mol. The molecule has 1 N–H and O–H groups in total. The van der Waals surface area contributed by atoms with Gasteiger partial charge in [-0.15, -0.1) is 0 Å². The van der Waals surface area contributed by atoms with Gasteiger partial charge in [-0.05, 0) is 53.5 Å². The Labute approximate surface area is 135 Å². The summed E-state index contributed by atoms with van der Waals surface area (Å²) in [5.41, 5.74) is 0.255. The molecule has 1 aromatic heterocycles. The molecule has 0 saturated heterocycles. The van der Waals surface area contributed by atoms with E-state index in [0.717, 1.165) is 13.1 Å².